The third kappa shape index (κ3) is 3.20. The van der Waals surface area contributed by atoms with Crippen LogP contribution in [0.2, 0.25) is 0 Å². The molecular weight excluding hydrogens is 228 g/mol. The third-order valence-corrected chi connectivity index (χ3v) is 2.86. The Labute approximate surface area is 107 Å². The van der Waals surface area contributed by atoms with Crippen molar-refractivity contribution in [1.29, 1.82) is 0 Å². The first-order chi connectivity index (χ1) is 8.69. The molecule has 0 spiro atoms. The molecular formula is C13H20N4O. The third-order valence-electron chi connectivity index (χ3n) is 2.86. The van der Waals surface area contributed by atoms with Crippen LogP contribution in [0.3, 0.4) is 0 Å². The molecule has 0 aliphatic carbocycles. The summed E-state index contributed by atoms with van der Waals surface area (Å²) >= 11 is 0. The topological polar surface area (TPSA) is 55.9 Å². The second-order valence-corrected chi connectivity index (χ2v) is 4.51. The molecule has 98 valence electrons. The molecule has 5 heteroatoms. The summed E-state index contributed by atoms with van der Waals surface area (Å²) in [5.74, 6) is 1.25. The van der Waals surface area contributed by atoms with Crippen LogP contribution < -0.4 is 5.32 Å². The molecule has 0 aliphatic heterocycles. The van der Waals surface area contributed by atoms with E-state index in [-0.39, 0.29) is 0 Å². The smallest absolute Gasteiger partial charge is 0.236 e. The summed E-state index contributed by atoms with van der Waals surface area (Å²) in [5, 5.41) is 11.3. The van der Waals surface area contributed by atoms with Gasteiger partial charge < -0.3 is 14.3 Å². The molecule has 1 unspecified atom stereocenters. The van der Waals surface area contributed by atoms with E-state index in [1.807, 2.05) is 6.20 Å². The van der Waals surface area contributed by atoms with Gasteiger partial charge in [0.1, 0.15) is 6.54 Å². The maximum Gasteiger partial charge on any atom is 0.236 e. The van der Waals surface area contributed by atoms with Gasteiger partial charge in [-0.1, -0.05) is 6.92 Å². The lowest BCUT2D eigenvalue weighted by Gasteiger charge is -2.10. The zero-order valence-electron chi connectivity index (χ0n) is 11.2. The van der Waals surface area contributed by atoms with Gasteiger partial charge in [0.05, 0.1) is 0 Å². The van der Waals surface area contributed by atoms with Crippen molar-refractivity contribution in [2.75, 3.05) is 6.54 Å². The van der Waals surface area contributed by atoms with Crippen LogP contribution in [0.1, 0.15) is 43.7 Å². The summed E-state index contributed by atoms with van der Waals surface area (Å²) in [5.41, 5.74) is 1.28. The molecule has 0 saturated carbocycles. The Morgan fingerprint density at radius 3 is 2.94 bits per heavy atom. The lowest BCUT2D eigenvalue weighted by Crippen LogP contribution is -2.18. The Balaban J connectivity index is 1.97. The van der Waals surface area contributed by atoms with E-state index < -0.39 is 0 Å². The molecule has 0 aliphatic rings. The van der Waals surface area contributed by atoms with Gasteiger partial charge in [-0.3, -0.25) is 0 Å². The second-order valence-electron chi connectivity index (χ2n) is 4.51. The Morgan fingerprint density at radius 2 is 2.28 bits per heavy atom. The molecule has 1 atom stereocenters. The number of nitrogens with one attached hydrogen (secondary N) is 1. The molecule has 0 saturated heterocycles. The summed E-state index contributed by atoms with van der Waals surface area (Å²) in [6, 6.07) is 2.49. The van der Waals surface area contributed by atoms with Crippen molar-refractivity contribution >= 4 is 0 Å². The molecule has 2 aromatic rings. The normalized spacial score (nSPS) is 12.8. The average molecular weight is 248 g/mol. The van der Waals surface area contributed by atoms with Crippen molar-refractivity contribution in [3.63, 3.8) is 0 Å². The van der Waals surface area contributed by atoms with Crippen LogP contribution in [0.5, 0.6) is 0 Å². The van der Waals surface area contributed by atoms with Gasteiger partial charge >= 0.3 is 0 Å². The zero-order chi connectivity index (χ0) is 13.0. The first-order valence-electron chi connectivity index (χ1n) is 6.37. The molecule has 2 rings (SSSR count). The molecule has 0 bridgehead atoms. The summed E-state index contributed by atoms with van der Waals surface area (Å²) in [4.78, 5) is 0. The number of aryl methyl sites for hydroxylation is 1. The van der Waals surface area contributed by atoms with Gasteiger partial charge in [0.25, 0.3) is 0 Å². The Kier molecular flexibility index (Phi) is 4.15. The van der Waals surface area contributed by atoms with E-state index in [4.69, 9.17) is 4.42 Å². The number of aromatic nitrogens is 3. The molecule has 2 aromatic heterocycles. The highest BCUT2D eigenvalue weighted by Gasteiger charge is 2.08. The molecule has 18 heavy (non-hydrogen) atoms. The van der Waals surface area contributed by atoms with Crippen LogP contribution in [0.4, 0.5) is 0 Å². The van der Waals surface area contributed by atoms with Crippen LogP contribution in [0, 0.1) is 6.92 Å². The molecule has 5 nitrogen and oxygen atoms in total. The lowest BCUT2D eigenvalue weighted by atomic mass is 10.2. The largest absolute Gasteiger partial charge is 0.424 e. The van der Waals surface area contributed by atoms with Crippen LogP contribution in [0.15, 0.2) is 22.9 Å². The van der Waals surface area contributed by atoms with Crippen LogP contribution >= 0.6 is 0 Å². The van der Waals surface area contributed by atoms with Gasteiger partial charge in [0, 0.05) is 25.4 Å². The Morgan fingerprint density at radius 1 is 1.44 bits per heavy atom. The number of hydrogen-bond donors (Lipinski definition) is 1. The quantitative estimate of drug-likeness (QED) is 0.852. The minimum Gasteiger partial charge on any atom is -0.424 e. The summed E-state index contributed by atoms with van der Waals surface area (Å²) in [6.45, 7) is 7.81. The van der Waals surface area contributed by atoms with E-state index in [0.29, 0.717) is 24.4 Å². The Bertz CT molecular complexity index is 489. The summed E-state index contributed by atoms with van der Waals surface area (Å²) in [6.07, 6.45) is 5.30. The molecule has 0 radical (unpaired) electrons. The van der Waals surface area contributed by atoms with Crippen LogP contribution in [-0.2, 0) is 6.54 Å². The van der Waals surface area contributed by atoms with Gasteiger partial charge in [0.15, 0.2) is 0 Å². The van der Waals surface area contributed by atoms with Crippen molar-refractivity contribution in [3.8, 4) is 0 Å². The molecule has 0 aromatic carbocycles. The molecule has 2 heterocycles. The maximum absolute atomic E-state index is 5.36. The van der Waals surface area contributed by atoms with E-state index in [1.54, 1.807) is 6.92 Å². The van der Waals surface area contributed by atoms with Gasteiger partial charge in [-0.25, -0.2) is 0 Å². The first-order valence-corrected chi connectivity index (χ1v) is 6.37. The average Bonchev–Trinajstić information content (AvgIpc) is 2.96. The van der Waals surface area contributed by atoms with Crippen molar-refractivity contribution in [2.24, 2.45) is 0 Å². The van der Waals surface area contributed by atoms with Crippen molar-refractivity contribution in [1.82, 2.24) is 20.1 Å². The highest BCUT2D eigenvalue weighted by Crippen LogP contribution is 2.13. The number of rotatable bonds is 6. The summed E-state index contributed by atoms with van der Waals surface area (Å²) < 4.78 is 7.43. The van der Waals surface area contributed by atoms with Gasteiger partial charge in [0.2, 0.25) is 11.8 Å². The fraction of sp³-hybridized carbons (Fsp3) is 0.538. The fourth-order valence-corrected chi connectivity index (χ4v) is 1.85. The maximum atomic E-state index is 5.36. The Hall–Kier alpha value is -1.62. The van der Waals surface area contributed by atoms with Crippen LogP contribution in [0.25, 0.3) is 0 Å². The minimum atomic E-state index is 0.371. The van der Waals surface area contributed by atoms with Crippen molar-refractivity contribution in [2.45, 2.75) is 39.8 Å². The molecule has 0 amide bonds. The first kappa shape index (κ1) is 12.8. The van der Waals surface area contributed by atoms with Crippen molar-refractivity contribution in [3.05, 3.63) is 35.8 Å². The monoisotopic (exact) mass is 248 g/mol. The molecule has 0 fully saturated rings. The summed E-state index contributed by atoms with van der Waals surface area (Å²) in [7, 11) is 0. The number of hydrogen-bond acceptors (Lipinski definition) is 4. The van der Waals surface area contributed by atoms with E-state index in [0.717, 1.165) is 13.0 Å². The van der Waals surface area contributed by atoms with Gasteiger partial charge in [-0.05, 0) is 31.5 Å². The highest BCUT2D eigenvalue weighted by atomic mass is 16.4. The van der Waals surface area contributed by atoms with E-state index in [9.17, 15) is 0 Å². The van der Waals surface area contributed by atoms with Crippen molar-refractivity contribution < 1.29 is 4.42 Å². The number of nitrogens with zero attached hydrogens (tertiary/aromatic N) is 3. The lowest BCUT2D eigenvalue weighted by molar-refractivity contribution is 0.454. The highest BCUT2D eigenvalue weighted by molar-refractivity contribution is 5.15. The van der Waals surface area contributed by atoms with E-state index in [1.165, 1.54) is 5.56 Å². The predicted octanol–water partition coefficient (Wildman–Crippen LogP) is 2.29. The fourth-order valence-electron chi connectivity index (χ4n) is 1.85. The van der Waals surface area contributed by atoms with Crippen LogP contribution in [-0.4, -0.2) is 21.3 Å². The predicted molar refractivity (Wildman–Crippen MR) is 69.3 cm³/mol. The van der Waals surface area contributed by atoms with E-state index >= 15 is 0 Å². The molecule has 1 N–H and O–H groups in total. The zero-order valence-corrected chi connectivity index (χ0v) is 11.2. The SMILES string of the molecule is CCCNC(C)c1ccn(Cc2nnc(C)o2)c1. The van der Waals surface area contributed by atoms with Gasteiger partial charge in [-0.15, -0.1) is 10.2 Å². The van der Waals surface area contributed by atoms with Gasteiger partial charge in [-0.2, -0.15) is 0 Å². The second kappa shape index (κ2) is 5.82. The standard InChI is InChI=1S/C13H20N4O/c1-4-6-14-10(2)12-5-7-17(8-12)9-13-16-15-11(3)18-13/h5,7-8,10,14H,4,6,9H2,1-3H3. The van der Waals surface area contributed by atoms with E-state index in [2.05, 4.69) is 46.2 Å². The minimum absolute atomic E-state index is 0.371.